The van der Waals surface area contributed by atoms with Crippen LogP contribution in [0.2, 0.25) is 0 Å². The first-order chi connectivity index (χ1) is 9.57. The number of carbonyl (C=O) groups is 2. The van der Waals surface area contributed by atoms with Crippen LogP contribution in [0.3, 0.4) is 0 Å². The molecule has 0 spiro atoms. The monoisotopic (exact) mass is 280 g/mol. The molecule has 5 nitrogen and oxygen atoms in total. The fourth-order valence-electron chi connectivity index (χ4n) is 3.05. The van der Waals surface area contributed by atoms with E-state index in [9.17, 15) is 14.7 Å². The van der Waals surface area contributed by atoms with E-state index in [1.807, 2.05) is 6.92 Å². The number of nitrogens with one attached hydrogen (secondary N) is 1. The second kappa shape index (κ2) is 6.29. The molecule has 1 aliphatic heterocycles. The number of likely N-dealkylation sites (tertiary alicyclic amines) is 1. The van der Waals surface area contributed by atoms with Crippen LogP contribution >= 0.6 is 0 Å². The molecule has 1 fully saturated rings. The summed E-state index contributed by atoms with van der Waals surface area (Å²) >= 11 is 0. The maximum atomic E-state index is 12.2. The van der Waals surface area contributed by atoms with Gasteiger partial charge in [-0.2, -0.15) is 0 Å². The van der Waals surface area contributed by atoms with Crippen molar-refractivity contribution in [2.45, 2.75) is 51.5 Å². The minimum atomic E-state index is -0.725. The van der Waals surface area contributed by atoms with Crippen LogP contribution in [0.4, 0.5) is 4.79 Å². The summed E-state index contributed by atoms with van der Waals surface area (Å²) in [5.74, 6) is -0.725. The first-order valence-electron chi connectivity index (χ1n) is 7.51. The van der Waals surface area contributed by atoms with E-state index in [4.69, 9.17) is 0 Å². The number of carboxylic acid groups (broad SMARTS) is 1. The second-order valence-corrected chi connectivity index (χ2v) is 5.86. The minimum Gasteiger partial charge on any atom is -0.481 e. The van der Waals surface area contributed by atoms with E-state index in [1.165, 1.54) is 0 Å². The van der Waals surface area contributed by atoms with Gasteiger partial charge in [0.2, 0.25) is 0 Å². The van der Waals surface area contributed by atoms with E-state index in [1.54, 1.807) is 4.90 Å². The molecule has 1 saturated heterocycles. The summed E-state index contributed by atoms with van der Waals surface area (Å²) in [4.78, 5) is 25.3. The van der Waals surface area contributed by atoms with Gasteiger partial charge in [0.25, 0.3) is 0 Å². The van der Waals surface area contributed by atoms with Gasteiger partial charge >= 0.3 is 12.0 Å². The van der Waals surface area contributed by atoms with Crippen molar-refractivity contribution in [2.24, 2.45) is 5.41 Å². The molecule has 112 valence electrons. The largest absolute Gasteiger partial charge is 0.481 e. The normalized spacial score (nSPS) is 25.2. The van der Waals surface area contributed by atoms with Crippen LogP contribution in [0.15, 0.2) is 12.2 Å². The molecule has 2 N–H and O–H groups in total. The summed E-state index contributed by atoms with van der Waals surface area (Å²) in [7, 11) is 0. The number of piperidine rings is 1. The quantitative estimate of drug-likeness (QED) is 0.780. The molecule has 1 unspecified atom stereocenters. The van der Waals surface area contributed by atoms with Crippen molar-refractivity contribution in [3.05, 3.63) is 12.2 Å². The third kappa shape index (κ3) is 3.14. The number of carbonyl (C=O) groups excluding carboxylic acids is 1. The van der Waals surface area contributed by atoms with Crippen molar-refractivity contribution in [3.63, 3.8) is 0 Å². The Kier molecular flexibility index (Phi) is 4.68. The number of amides is 2. The maximum Gasteiger partial charge on any atom is 0.317 e. The molecule has 1 heterocycles. The van der Waals surface area contributed by atoms with E-state index in [-0.39, 0.29) is 12.1 Å². The Morgan fingerprint density at radius 2 is 2.05 bits per heavy atom. The summed E-state index contributed by atoms with van der Waals surface area (Å²) in [5.41, 5.74) is -0.635. The molecule has 2 amide bonds. The molecule has 2 rings (SSSR count). The standard InChI is InChI=1S/C15H24N2O3/c1-2-15(13(18)19)8-10-17(11-9-15)14(20)16-12-6-4-3-5-7-12/h3-4,12H,2,5-11H2,1H3,(H,16,20)(H,18,19). The Balaban J connectivity index is 1.85. The lowest BCUT2D eigenvalue weighted by atomic mass is 9.76. The number of nitrogens with zero attached hydrogens (tertiary/aromatic N) is 1. The van der Waals surface area contributed by atoms with E-state index < -0.39 is 11.4 Å². The summed E-state index contributed by atoms with van der Waals surface area (Å²) in [5, 5.41) is 12.4. The predicted octanol–water partition coefficient (Wildman–Crippen LogP) is 2.38. The van der Waals surface area contributed by atoms with Crippen LogP contribution in [0, 0.1) is 5.41 Å². The third-order valence-corrected chi connectivity index (χ3v) is 4.73. The van der Waals surface area contributed by atoms with Crippen LogP contribution in [-0.2, 0) is 4.79 Å². The van der Waals surface area contributed by atoms with Crippen molar-refractivity contribution in [1.29, 1.82) is 0 Å². The summed E-state index contributed by atoms with van der Waals surface area (Å²) in [6.07, 6.45) is 8.89. The van der Waals surface area contributed by atoms with Crippen molar-refractivity contribution in [1.82, 2.24) is 10.2 Å². The smallest absolute Gasteiger partial charge is 0.317 e. The average molecular weight is 280 g/mol. The van der Waals surface area contributed by atoms with Crippen molar-refractivity contribution in [3.8, 4) is 0 Å². The van der Waals surface area contributed by atoms with Gasteiger partial charge in [0.1, 0.15) is 0 Å². The highest BCUT2D eigenvalue weighted by Gasteiger charge is 2.40. The fourth-order valence-corrected chi connectivity index (χ4v) is 3.05. The molecule has 2 aliphatic rings. The topological polar surface area (TPSA) is 69.6 Å². The molecule has 0 saturated carbocycles. The maximum absolute atomic E-state index is 12.2. The molecule has 1 aliphatic carbocycles. The van der Waals surface area contributed by atoms with Gasteiger partial charge in [0.05, 0.1) is 5.41 Å². The Morgan fingerprint density at radius 3 is 2.55 bits per heavy atom. The van der Waals surface area contributed by atoms with Gasteiger partial charge in [-0.25, -0.2) is 4.79 Å². The van der Waals surface area contributed by atoms with E-state index in [0.717, 1.165) is 19.3 Å². The zero-order valence-electron chi connectivity index (χ0n) is 12.1. The number of urea groups is 1. The minimum absolute atomic E-state index is 0.0413. The van der Waals surface area contributed by atoms with E-state index >= 15 is 0 Å². The average Bonchev–Trinajstić information content (AvgIpc) is 2.48. The van der Waals surface area contributed by atoms with Gasteiger partial charge in [-0.05, 0) is 38.5 Å². The Morgan fingerprint density at radius 1 is 1.35 bits per heavy atom. The molecule has 0 aromatic heterocycles. The first kappa shape index (κ1) is 14.9. The van der Waals surface area contributed by atoms with Crippen LogP contribution in [0.1, 0.15) is 45.4 Å². The molecule has 5 heteroatoms. The molecule has 1 atom stereocenters. The fraction of sp³-hybridized carbons (Fsp3) is 0.733. The van der Waals surface area contributed by atoms with Gasteiger partial charge < -0.3 is 15.3 Å². The SMILES string of the molecule is CCC1(C(=O)O)CCN(C(=O)NC2CC=CCC2)CC1. The molecule has 0 aromatic carbocycles. The number of hydrogen-bond acceptors (Lipinski definition) is 2. The number of allylic oxidation sites excluding steroid dienone is 1. The van der Waals surface area contributed by atoms with Gasteiger partial charge in [-0.1, -0.05) is 19.1 Å². The van der Waals surface area contributed by atoms with Crippen molar-refractivity contribution >= 4 is 12.0 Å². The second-order valence-electron chi connectivity index (χ2n) is 5.86. The van der Waals surface area contributed by atoms with Crippen molar-refractivity contribution < 1.29 is 14.7 Å². The van der Waals surface area contributed by atoms with Crippen LogP contribution in [0.5, 0.6) is 0 Å². The Labute approximate surface area is 120 Å². The van der Waals surface area contributed by atoms with Gasteiger partial charge in [0, 0.05) is 19.1 Å². The molecule has 20 heavy (non-hydrogen) atoms. The molecule has 0 aromatic rings. The van der Waals surface area contributed by atoms with E-state index in [0.29, 0.717) is 32.4 Å². The lowest BCUT2D eigenvalue weighted by Crippen LogP contribution is -2.51. The molecule has 0 radical (unpaired) electrons. The first-order valence-corrected chi connectivity index (χ1v) is 7.51. The van der Waals surface area contributed by atoms with Crippen LogP contribution < -0.4 is 5.32 Å². The van der Waals surface area contributed by atoms with Gasteiger partial charge in [-0.3, -0.25) is 4.79 Å². The zero-order chi connectivity index (χ0) is 14.6. The number of hydrogen-bond donors (Lipinski definition) is 2. The number of rotatable bonds is 3. The molecular weight excluding hydrogens is 256 g/mol. The molecule has 0 bridgehead atoms. The third-order valence-electron chi connectivity index (χ3n) is 4.73. The lowest BCUT2D eigenvalue weighted by Gasteiger charge is -2.38. The van der Waals surface area contributed by atoms with E-state index in [2.05, 4.69) is 17.5 Å². The molecular formula is C15H24N2O3. The highest BCUT2D eigenvalue weighted by Crippen LogP contribution is 2.35. The highest BCUT2D eigenvalue weighted by molar-refractivity contribution is 5.77. The summed E-state index contributed by atoms with van der Waals surface area (Å²) < 4.78 is 0. The predicted molar refractivity (Wildman–Crippen MR) is 76.5 cm³/mol. The van der Waals surface area contributed by atoms with Crippen LogP contribution in [-0.4, -0.2) is 41.1 Å². The Hall–Kier alpha value is -1.52. The van der Waals surface area contributed by atoms with Crippen molar-refractivity contribution in [2.75, 3.05) is 13.1 Å². The van der Waals surface area contributed by atoms with Crippen LogP contribution in [0.25, 0.3) is 0 Å². The number of carboxylic acids is 1. The number of aliphatic carboxylic acids is 1. The van der Waals surface area contributed by atoms with Gasteiger partial charge in [0.15, 0.2) is 0 Å². The lowest BCUT2D eigenvalue weighted by molar-refractivity contribution is -0.151. The van der Waals surface area contributed by atoms with Gasteiger partial charge in [-0.15, -0.1) is 0 Å². The Bertz CT molecular complexity index is 398. The highest BCUT2D eigenvalue weighted by atomic mass is 16.4. The summed E-state index contributed by atoms with van der Waals surface area (Å²) in [6.45, 7) is 2.99. The zero-order valence-corrected chi connectivity index (χ0v) is 12.1. The summed E-state index contributed by atoms with van der Waals surface area (Å²) in [6, 6.07) is 0.185.